The van der Waals surface area contributed by atoms with E-state index in [1.54, 1.807) is 7.11 Å². The van der Waals surface area contributed by atoms with Crippen molar-refractivity contribution in [1.82, 2.24) is 16.0 Å². The number of guanidine groups is 1. The highest BCUT2D eigenvalue weighted by Gasteiger charge is 2.02. The molecule has 1 amide bonds. The third kappa shape index (κ3) is 11.2. The summed E-state index contributed by atoms with van der Waals surface area (Å²) in [7, 11) is 1.68. The van der Waals surface area contributed by atoms with Crippen molar-refractivity contribution in [2.24, 2.45) is 4.99 Å². The number of methoxy groups -OCH3 is 1. The summed E-state index contributed by atoms with van der Waals surface area (Å²) in [4.78, 5) is 16.1. The van der Waals surface area contributed by atoms with E-state index in [9.17, 15) is 4.79 Å². The van der Waals surface area contributed by atoms with Crippen molar-refractivity contribution in [2.45, 2.75) is 19.8 Å². The predicted molar refractivity (Wildman–Crippen MR) is 109 cm³/mol. The van der Waals surface area contributed by atoms with Gasteiger partial charge in [0, 0.05) is 33.4 Å². The molecule has 0 saturated heterocycles. The van der Waals surface area contributed by atoms with Crippen molar-refractivity contribution in [1.29, 1.82) is 0 Å². The van der Waals surface area contributed by atoms with Crippen LogP contribution in [0, 0.1) is 0 Å². The number of halogens is 1. The summed E-state index contributed by atoms with van der Waals surface area (Å²) >= 11 is 0. The van der Waals surface area contributed by atoms with Crippen LogP contribution < -0.4 is 16.0 Å². The van der Waals surface area contributed by atoms with Crippen LogP contribution >= 0.6 is 24.0 Å². The molecule has 0 aromatic heterocycles. The van der Waals surface area contributed by atoms with Gasteiger partial charge in [-0.3, -0.25) is 4.79 Å². The van der Waals surface area contributed by atoms with E-state index in [0.717, 1.165) is 25.9 Å². The smallest absolute Gasteiger partial charge is 0.241 e. The van der Waals surface area contributed by atoms with Crippen molar-refractivity contribution >= 4 is 35.8 Å². The molecule has 7 heteroatoms. The summed E-state index contributed by atoms with van der Waals surface area (Å²) in [5.41, 5.74) is 1.21. The number of hydrogen-bond donors (Lipinski definition) is 3. The van der Waals surface area contributed by atoms with E-state index in [1.165, 1.54) is 5.56 Å². The van der Waals surface area contributed by atoms with Crippen LogP contribution in [0.25, 0.3) is 0 Å². The van der Waals surface area contributed by atoms with Crippen LogP contribution in [0.15, 0.2) is 35.3 Å². The standard InChI is InChI=1S/C17H28N4O2.HI/c1-3-18-17(20-11-7-13-23-2)21-14-16(22)19-12-10-15-8-5-4-6-9-15;/h4-6,8-9H,3,7,10-14H2,1-2H3,(H,19,22)(H2,18,20,21);1H. The van der Waals surface area contributed by atoms with Gasteiger partial charge in [0.2, 0.25) is 5.91 Å². The number of carbonyl (C=O) groups excluding carboxylic acids is 1. The Bertz CT molecular complexity index is 469. The third-order valence-electron chi connectivity index (χ3n) is 3.12. The van der Waals surface area contributed by atoms with Crippen molar-refractivity contribution in [3.05, 3.63) is 35.9 Å². The fourth-order valence-corrected chi connectivity index (χ4v) is 1.96. The van der Waals surface area contributed by atoms with Gasteiger partial charge >= 0.3 is 0 Å². The number of nitrogens with zero attached hydrogens (tertiary/aromatic N) is 1. The van der Waals surface area contributed by atoms with Gasteiger partial charge in [0.15, 0.2) is 5.96 Å². The molecule has 1 aromatic carbocycles. The second-order valence-electron chi connectivity index (χ2n) is 5.05. The fraction of sp³-hybridized carbons (Fsp3) is 0.529. The molecule has 0 spiro atoms. The lowest BCUT2D eigenvalue weighted by Gasteiger charge is -2.11. The first-order valence-corrected chi connectivity index (χ1v) is 8.08. The highest BCUT2D eigenvalue weighted by molar-refractivity contribution is 14.0. The number of ether oxygens (including phenoxy) is 1. The van der Waals surface area contributed by atoms with Crippen LogP contribution in [-0.2, 0) is 16.0 Å². The molecule has 0 aliphatic rings. The Labute approximate surface area is 161 Å². The number of hydrogen-bond acceptors (Lipinski definition) is 3. The van der Waals surface area contributed by atoms with Crippen LogP contribution in [-0.4, -0.2) is 51.8 Å². The third-order valence-corrected chi connectivity index (χ3v) is 3.12. The molecular formula is C17H29IN4O2. The maximum Gasteiger partial charge on any atom is 0.241 e. The molecule has 0 heterocycles. The van der Waals surface area contributed by atoms with Crippen LogP contribution in [0.4, 0.5) is 0 Å². The van der Waals surface area contributed by atoms with Gasteiger partial charge in [-0.25, -0.2) is 4.99 Å². The topological polar surface area (TPSA) is 74.8 Å². The first-order chi connectivity index (χ1) is 11.3. The first-order valence-electron chi connectivity index (χ1n) is 8.08. The number of amides is 1. The largest absolute Gasteiger partial charge is 0.385 e. The summed E-state index contributed by atoms with van der Waals surface area (Å²) in [5.74, 6) is 0.580. The predicted octanol–water partition coefficient (Wildman–Crippen LogP) is 1.55. The van der Waals surface area contributed by atoms with E-state index in [2.05, 4.69) is 33.1 Å². The highest BCUT2D eigenvalue weighted by Crippen LogP contribution is 1.97. The molecule has 0 saturated carbocycles. The van der Waals surface area contributed by atoms with Crippen LogP contribution in [0.3, 0.4) is 0 Å². The molecule has 136 valence electrons. The number of benzene rings is 1. The molecule has 0 radical (unpaired) electrons. The summed E-state index contributed by atoms with van der Waals surface area (Å²) in [6.07, 6.45) is 1.72. The van der Waals surface area contributed by atoms with E-state index in [0.29, 0.717) is 19.1 Å². The molecule has 0 bridgehead atoms. The molecule has 6 nitrogen and oxygen atoms in total. The minimum absolute atomic E-state index is 0. The van der Waals surface area contributed by atoms with Gasteiger partial charge < -0.3 is 20.7 Å². The minimum atomic E-state index is -0.0741. The van der Waals surface area contributed by atoms with E-state index < -0.39 is 0 Å². The average Bonchev–Trinajstić information content (AvgIpc) is 2.57. The van der Waals surface area contributed by atoms with Gasteiger partial charge in [-0.15, -0.1) is 24.0 Å². The van der Waals surface area contributed by atoms with Crippen molar-refractivity contribution in [2.75, 3.05) is 39.9 Å². The molecule has 0 atom stereocenters. The van der Waals surface area contributed by atoms with Crippen molar-refractivity contribution < 1.29 is 9.53 Å². The number of rotatable bonds is 10. The summed E-state index contributed by atoms with van der Waals surface area (Å²) in [6.45, 7) is 4.95. The van der Waals surface area contributed by atoms with Gasteiger partial charge in [0.25, 0.3) is 0 Å². The van der Waals surface area contributed by atoms with E-state index in [4.69, 9.17) is 4.74 Å². The first kappa shape index (κ1) is 22.6. The summed E-state index contributed by atoms with van der Waals surface area (Å²) < 4.78 is 5.00. The Balaban J connectivity index is 0.00000529. The normalized spacial score (nSPS) is 10.7. The summed E-state index contributed by atoms with van der Waals surface area (Å²) in [6, 6.07) is 10.1. The molecule has 0 aliphatic heterocycles. The van der Waals surface area contributed by atoms with Gasteiger partial charge in [0.05, 0.1) is 0 Å². The van der Waals surface area contributed by atoms with Gasteiger partial charge in [-0.05, 0) is 25.3 Å². The Hall–Kier alpha value is -1.35. The maximum atomic E-state index is 11.8. The molecule has 24 heavy (non-hydrogen) atoms. The SMILES string of the molecule is CCNC(=NCC(=O)NCCc1ccccc1)NCCCOC.I. The lowest BCUT2D eigenvalue weighted by Crippen LogP contribution is -2.39. The zero-order chi connectivity index (χ0) is 16.8. The summed E-state index contributed by atoms with van der Waals surface area (Å²) in [5, 5.41) is 9.17. The molecule has 0 unspecified atom stereocenters. The Kier molecular flexibility index (Phi) is 14.3. The lowest BCUT2D eigenvalue weighted by atomic mass is 10.1. The second kappa shape index (κ2) is 15.2. The number of nitrogens with one attached hydrogen (secondary N) is 3. The highest BCUT2D eigenvalue weighted by atomic mass is 127. The van der Waals surface area contributed by atoms with Gasteiger partial charge in [-0.2, -0.15) is 0 Å². The average molecular weight is 448 g/mol. The number of aliphatic imine (C=N–C) groups is 1. The molecule has 1 aromatic rings. The zero-order valence-corrected chi connectivity index (χ0v) is 16.8. The zero-order valence-electron chi connectivity index (χ0n) is 14.5. The van der Waals surface area contributed by atoms with Crippen LogP contribution in [0.5, 0.6) is 0 Å². The fourth-order valence-electron chi connectivity index (χ4n) is 1.96. The van der Waals surface area contributed by atoms with Crippen molar-refractivity contribution in [3.63, 3.8) is 0 Å². The van der Waals surface area contributed by atoms with E-state index in [1.807, 2.05) is 25.1 Å². The quantitative estimate of drug-likeness (QED) is 0.220. The Morgan fingerprint density at radius 3 is 2.54 bits per heavy atom. The Morgan fingerprint density at radius 1 is 1.12 bits per heavy atom. The van der Waals surface area contributed by atoms with Crippen LogP contribution in [0.1, 0.15) is 18.9 Å². The lowest BCUT2D eigenvalue weighted by molar-refractivity contribution is -0.119. The van der Waals surface area contributed by atoms with E-state index in [-0.39, 0.29) is 36.4 Å². The number of carbonyl (C=O) groups is 1. The molecule has 1 rings (SSSR count). The molecule has 3 N–H and O–H groups in total. The van der Waals surface area contributed by atoms with Gasteiger partial charge in [0.1, 0.15) is 6.54 Å². The molecular weight excluding hydrogens is 419 g/mol. The minimum Gasteiger partial charge on any atom is -0.385 e. The van der Waals surface area contributed by atoms with Gasteiger partial charge in [-0.1, -0.05) is 30.3 Å². The molecule has 0 aliphatic carbocycles. The van der Waals surface area contributed by atoms with Crippen LogP contribution in [0.2, 0.25) is 0 Å². The monoisotopic (exact) mass is 448 g/mol. The van der Waals surface area contributed by atoms with E-state index >= 15 is 0 Å². The maximum absolute atomic E-state index is 11.8. The Morgan fingerprint density at radius 2 is 1.88 bits per heavy atom. The molecule has 0 fully saturated rings. The second-order valence-corrected chi connectivity index (χ2v) is 5.05. The van der Waals surface area contributed by atoms with Crippen molar-refractivity contribution in [3.8, 4) is 0 Å².